The van der Waals surface area contributed by atoms with Crippen LogP contribution in [0, 0.1) is 0 Å². The molecular formula is C20H25Cl2N3O3S. The molecule has 1 aliphatic rings. The van der Waals surface area contributed by atoms with Crippen molar-refractivity contribution in [2.24, 2.45) is 0 Å². The predicted molar refractivity (Wildman–Crippen MR) is 118 cm³/mol. The van der Waals surface area contributed by atoms with Crippen LogP contribution in [0.5, 0.6) is 5.75 Å². The number of piperazine rings is 1. The summed E-state index contributed by atoms with van der Waals surface area (Å²) in [5.74, 6) is 0.856. The van der Waals surface area contributed by atoms with Crippen LogP contribution in [0.15, 0.2) is 47.4 Å². The zero-order valence-corrected chi connectivity index (χ0v) is 18.6. The molecule has 1 heterocycles. The van der Waals surface area contributed by atoms with Crippen LogP contribution < -0.4 is 14.4 Å². The van der Waals surface area contributed by atoms with Crippen molar-refractivity contribution in [1.29, 1.82) is 0 Å². The fourth-order valence-corrected chi connectivity index (χ4v) is 5.10. The Morgan fingerprint density at radius 2 is 1.62 bits per heavy atom. The van der Waals surface area contributed by atoms with Crippen LogP contribution in [0.3, 0.4) is 0 Å². The molecule has 1 N–H and O–H groups in total. The van der Waals surface area contributed by atoms with Gasteiger partial charge in [-0.1, -0.05) is 23.2 Å². The fourth-order valence-electron chi connectivity index (χ4n) is 3.30. The number of sulfonamides is 1. The van der Waals surface area contributed by atoms with Crippen LogP contribution in [0.25, 0.3) is 0 Å². The van der Waals surface area contributed by atoms with Gasteiger partial charge in [0.05, 0.1) is 12.0 Å². The SMILES string of the molecule is COc1ccc(N2CCN(CCCNS(=O)(=O)c3cc(Cl)cc(Cl)c3)CC2)cc1. The van der Waals surface area contributed by atoms with Crippen molar-refractivity contribution >= 4 is 38.9 Å². The molecule has 3 rings (SSSR count). The largest absolute Gasteiger partial charge is 0.497 e. The predicted octanol–water partition coefficient (Wildman–Crippen LogP) is 3.49. The number of ether oxygens (including phenoxy) is 1. The molecule has 0 aromatic heterocycles. The third-order valence-electron chi connectivity index (χ3n) is 4.90. The van der Waals surface area contributed by atoms with Gasteiger partial charge in [0, 0.05) is 48.5 Å². The Morgan fingerprint density at radius 1 is 1.00 bits per heavy atom. The monoisotopic (exact) mass is 457 g/mol. The lowest BCUT2D eigenvalue weighted by atomic mass is 10.2. The number of hydrogen-bond acceptors (Lipinski definition) is 5. The lowest BCUT2D eigenvalue weighted by Crippen LogP contribution is -2.47. The van der Waals surface area contributed by atoms with Crippen molar-refractivity contribution in [3.63, 3.8) is 0 Å². The number of anilines is 1. The van der Waals surface area contributed by atoms with E-state index in [9.17, 15) is 8.42 Å². The maximum Gasteiger partial charge on any atom is 0.240 e. The maximum atomic E-state index is 12.4. The van der Waals surface area contributed by atoms with Crippen LogP contribution in [-0.4, -0.2) is 59.7 Å². The number of benzene rings is 2. The Morgan fingerprint density at radius 3 is 2.21 bits per heavy atom. The first-order valence-corrected chi connectivity index (χ1v) is 11.7. The molecule has 0 unspecified atom stereocenters. The molecule has 1 fully saturated rings. The second kappa shape index (κ2) is 10.00. The number of methoxy groups -OCH3 is 1. The van der Waals surface area contributed by atoms with Gasteiger partial charge < -0.3 is 9.64 Å². The zero-order valence-electron chi connectivity index (χ0n) is 16.3. The van der Waals surface area contributed by atoms with Gasteiger partial charge in [0.25, 0.3) is 0 Å². The van der Waals surface area contributed by atoms with Gasteiger partial charge in [0.1, 0.15) is 5.75 Å². The van der Waals surface area contributed by atoms with Crippen LogP contribution in [-0.2, 0) is 10.0 Å². The highest BCUT2D eigenvalue weighted by Crippen LogP contribution is 2.22. The first kappa shape index (κ1) is 22.2. The minimum Gasteiger partial charge on any atom is -0.497 e. The lowest BCUT2D eigenvalue weighted by molar-refractivity contribution is 0.255. The molecule has 6 nitrogen and oxygen atoms in total. The molecule has 0 bridgehead atoms. The molecule has 2 aromatic rings. The number of nitrogens with zero attached hydrogens (tertiary/aromatic N) is 2. The molecule has 9 heteroatoms. The van der Waals surface area contributed by atoms with Gasteiger partial charge in [-0.25, -0.2) is 13.1 Å². The minimum atomic E-state index is -3.61. The second-order valence-corrected chi connectivity index (χ2v) is 9.52. The normalized spacial score (nSPS) is 15.5. The van der Waals surface area contributed by atoms with E-state index in [1.807, 2.05) is 12.1 Å². The van der Waals surface area contributed by atoms with E-state index < -0.39 is 10.0 Å². The summed E-state index contributed by atoms with van der Waals surface area (Å²) in [6, 6.07) is 12.4. The van der Waals surface area contributed by atoms with E-state index in [4.69, 9.17) is 27.9 Å². The molecule has 158 valence electrons. The summed E-state index contributed by atoms with van der Waals surface area (Å²) in [6.45, 7) is 4.99. The molecule has 0 spiro atoms. The summed E-state index contributed by atoms with van der Waals surface area (Å²) < 4.78 is 32.6. The van der Waals surface area contributed by atoms with Crippen molar-refractivity contribution in [3.8, 4) is 5.75 Å². The summed E-state index contributed by atoms with van der Waals surface area (Å²) >= 11 is 11.8. The van der Waals surface area contributed by atoms with Crippen LogP contribution >= 0.6 is 23.2 Å². The van der Waals surface area contributed by atoms with Crippen molar-refractivity contribution < 1.29 is 13.2 Å². The number of rotatable bonds is 8. The maximum absolute atomic E-state index is 12.4. The smallest absolute Gasteiger partial charge is 0.240 e. The molecule has 0 amide bonds. The summed E-state index contributed by atoms with van der Waals surface area (Å²) in [7, 11) is -1.95. The van der Waals surface area contributed by atoms with Crippen molar-refractivity contribution in [2.45, 2.75) is 11.3 Å². The van der Waals surface area contributed by atoms with Gasteiger partial charge in [-0.3, -0.25) is 4.90 Å². The standard InChI is InChI=1S/C20H25Cl2N3O3S/c1-28-19-5-3-18(4-6-19)25-11-9-24(10-12-25)8-2-7-23-29(26,27)20-14-16(21)13-17(22)15-20/h3-6,13-15,23H,2,7-12H2,1H3. The van der Waals surface area contributed by atoms with E-state index in [0.717, 1.165) is 44.9 Å². The van der Waals surface area contributed by atoms with Crippen molar-refractivity contribution in [2.75, 3.05) is 51.3 Å². The van der Waals surface area contributed by atoms with E-state index >= 15 is 0 Å². The molecule has 0 atom stereocenters. The average Bonchev–Trinajstić information content (AvgIpc) is 2.71. The molecule has 2 aromatic carbocycles. The Hall–Kier alpha value is -1.51. The Labute approximate surface area is 182 Å². The molecule has 0 saturated carbocycles. The summed E-state index contributed by atoms with van der Waals surface area (Å²) in [4.78, 5) is 4.79. The van der Waals surface area contributed by atoms with Gasteiger partial charge >= 0.3 is 0 Å². The van der Waals surface area contributed by atoms with E-state index in [0.29, 0.717) is 16.6 Å². The highest BCUT2D eigenvalue weighted by molar-refractivity contribution is 7.89. The zero-order chi connectivity index (χ0) is 20.9. The molecule has 0 radical (unpaired) electrons. The van der Waals surface area contributed by atoms with E-state index in [1.54, 1.807) is 7.11 Å². The van der Waals surface area contributed by atoms with Gasteiger partial charge in [0.2, 0.25) is 10.0 Å². The fraction of sp³-hybridized carbons (Fsp3) is 0.400. The first-order valence-electron chi connectivity index (χ1n) is 9.44. The summed E-state index contributed by atoms with van der Waals surface area (Å²) in [5.41, 5.74) is 1.19. The number of halogens is 2. The van der Waals surface area contributed by atoms with E-state index in [2.05, 4.69) is 26.7 Å². The highest BCUT2D eigenvalue weighted by Gasteiger charge is 2.18. The van der Waals surface area contributed by atoms with Gasteiger partial charge in [-0.15, -0.1) is 0 Å². The van der Waals surface area contributed by atoms with Gasteiger partial charge in [-0.05, 0) is 55.4 Å². The van der Waals surface area contributed by atoms with Crippen molar-refractivity contribution in [3.05, 3.63) is 52.5 Å². The highest BCUT2D eigenvalue weighted by atomic mass is 35.5. The Bertz CT molecular complexity index is 895. The lowest BCUT2D eigenvalue weighted by Gasteiger charge is -2.36. The third kappa shape index (κ3) is 6.23. The number of nitrogens with one attached hydrogen (secondary N) is 1. The molecule has 1 saturated heterocycles. The Balaban J connectivity index is 1.41. The molecular weight excluding hydrogens is 433 g/mol. The minimum absolute atomic E-state index is 0.0862. The topological polar surface area (TPSA) is 61.9 Å². The van der Waals surface area contributed by atoms with Crippen molar-refractivity contribution in [1.82, 2.24) is 9.62 Å². The number of hydrogen-bond donors (Lipinski definition) is 1. The first-order chi connectivity index (χ1) is 13.9. The second-order valence-electron chi connectivity index (χ2n) is 6.88. The quantitative estimate of drug-likeness (QED) is 0.614. The van der Waals surface area contributed by atoms with E-state index in [-0.39, 0.29) is 4.90 Å². The average molecular weight is 458 g/mol. The van der Waals surface area contributed by atoms with Crippen LogP contribution in [0.4, 0.5) is 5.69 Å². The molecule has 29 heavy (non-hydrogen) atoms. The van der Waals surface area contributed by atoms with E-state index in [1.165, 1.54) is 23.9 Å². The van der Waals surface area contributed by atoms with Gasteiger partial charge in [-0.2, -0.15) is 0 Å². The summed E-state index contributed by atoms with van der Waals surface area (Å²) in [6.07, 6.45) is 0.732. The van der Waals surface area contributed by atoms with Crippen LogP contribution in [0.2, 0.25) is 10.0 Å². The summed E-state index contributed by atoms with van der Waals surface area (Å²) in [5, 5.41) is 0.597. The third-order valence-corrected chi connectivity index (χ3v) is 6.78. The molecule has 1 aliphatic heterocycles. The Kier molecular flexibility index (Phi) is 7.65. The van der Waals surface area contributed by atoms with Crippen LogP contribution in [0.1, 0.15) is 6.42 Å². The van der Waals surface area contributed by atoms with Gasteiger partial charge in [0.15, 0.2) is 0 Å². The molecule has 0 aliphatic carbocycles.